The summed E-state index contributed by atoms with van der Waals surface area (Å²) in [4.78, 5) is 21.1. The lowest BCUT2D eigenvalue weighted by molar-refractivity contribution is -0.145. The normalized spacial score (nSPS) is 8.92. The molecule has 0 aliphatic carbocycles. The topological polar surface area (TPSA) is 52.6 Å². The summed E-state index contributed by atoms with van der Waals surface area (Å²) in [6, 6.07) is 0. The van der Waals surface area contributed by atoms with E-state index in [0.29, 0.717) is 5.76 Å². The van der Waals surface area contributed by atoms with Gasteiger partial charge in [0.1, 0.15) is 12.4 Å². The van der Waals surface area contributed by atoms with Crippen LogP contribution in [-0.4, -0.2) is 18.5 Å². The highest BCUT2D eigenvalue weighted by molar-refractivity contribution is 5.68. The van der Waals surface area contributed by atoms with Crippen LogP contribution in [0, 0.1) is 0 Å². The fraction of sp³-hybridized carbons (Fsp3) is 0.556. The lowest BCUT2D eigenvalue weighted by atomic mass is 10.3. The largest absolute Gasteiger partial charge is 0.458 e. The van der Waals surface area contributed by atoms with Gasteiger partial charge in [0.05, 0.1) is 0 Å². The molecular formula is C9H14O4. The Morgan fingerprint density at radius 2 is 1.54 bits per heavy atom. The van der Waals surface area contributed by atoms with E-state index in [0.717, 1.165) is 5.57 Å². The molecule has 4 heteroatoms. The molecule has 0 amide bonds. The van der Waals surface area contributed by atoms with Crippen LogP contribution in [-0.2, 0) is 19.1 Å². The van der Waals surface area contributed by atoms with Gasteiger partial charge < -0.3 is 9.47 Å². The molecule has 0 rings (SSSR count). The molecule has 13 heavy (non-hydrogen) atoms. The number of ether oxygens (including phenoxy) is 2. The molecule has 0 heterocycles. The zero-order chi connectivity index (χ0) is 10.4. The number of rotatable bonds is 3. The minimum Gasteiger partial charge on any atom is -0.458 e. The fourth-order valence-corrected chi connectivity index (χ4v) is 0.617. The molecule has 0 aliphatic rings. The second-order valence-electron chi connectivity index (χ2n) is 2.80. The maximum atomic E-state index is 10.6. The van der Waals surface area contributed by atoms with Crippen LogP contribution in [0.4, 0.5) is 0 Å². The number of esters is 2. The summed E-state index contributed by atoms with van der Waals surface area (Å²) >= 11 is 0. The number of allylic oxidation sites excluding steroid dienone is 1. The summed E-state index contributed by atoms with van der Waals surface area (Å²) < 4.78 is 9.52. The fourth-order valence-electron chi connectivity index (χ4n) is 0.617. The average molecular weight is 186 g/mol. The Morgan fingerprint density at radius 1 is 1.00 bits per heavy atom. The molecule has 4 nitrogen and oxygen atoms in total. The van der Waals surface area contributed by atoms with Gasteiger partial charge in [-0.3, -0.25) is 9.59 Å². The smallest absolute Gasteiger partial charge is 0.307 e. The molecule has 0 aromatic rings. The molecule has 0 unspecified atom stereocenters. The van der Waals surface area contributed by atoms with Gasteiger partial charge in [0.25, 0.3) is 0 Å². The van der Waals surface area contributed by atoms with E-state index in [1.807, 2.05) is 0 Å². The predicted molar refractivity (Wildman–Crippen MR) is 46.8 cm³/mol. The molecule has 0 spiro atoms. The lowest BCUT2D eigenvalue weighted by Crippen LogP contribution is -2.09. The van der Waals surface area contributed by atoms with Crippen molar-refractivity contribution in [2.45, 2.75) is 27.7 Å². The molecule has 0 bridgehead atoms. The predicted octanol–water partition coefficient (Wildman–Crippen LogP) is 1.41. The van der Waals surface area contributed by atoms with E-state index in [2.05, 4.69) is 0 Å². The van der Waals surface area contributed by atoms with Crippen LogP contribution in [0.5, 0.6) is 0 Å². The summed E-state index contributed by atoms with van der Waals surface area (Å²) in [6.45, 7) is 6.17. The van der Waals surface area contributed by atoms with Crippen molar-refractivity contribution in [3.8, 4) is 0 Å². The summed E-state index contributed by atoms with van der Waals surface area (Å²) in [7, 11) is 0. The van der Waals surface area contributed by atoms with E-state index in [9.17, 15) is 9.59 Å². The van der Waals surface area contributed by atoms with E-state index < -0.39 is 11.9 Å². The van der Waals surface area contributed by atoms with Crippen molar-refractivity contribution in [3.05, 3.63) is 11.3 Å². The standard InChI is InChI=1S/C9H14O4/c1-6(2)9(13-8(4)11)5-12-7(3)10/h5H2,1-4H3. The Bertz CT molecular complexity index is 236. The Kier molecular flexibility index (Phi) is 4.80. The highest BCUT2D eigenvalue weighted by atomic mass is 16.6. The second kappa shape index (κ2) is 5.35. The van der Waals surface area contributed by atoms with Crippen molar-refractivity contribution >= 4 is 11.9 Å². The van der Waals surface area contributed by atoms with Crippen LogP contribution < -0.4 is 0 Å². The van der Waals surface area contributed by atoms with E-state index in [1.165, 1.54) is 13.8 Å². The second-order valence-corrected chi connectivity index (χ2v) is 2.80. The van der Waals surface area contributed by atoms with Gasteiger partial charge >= 0.3 is 11.9 Å². The van der Waals surface area contributed by atoms with Gasteiger partial charge in [0.15, 0.2) is 0 Å². The molecule has 74 valence electrons. The van der Waals surface area contributed by atoms with Crippen molar-refractivity contribution in [1.29, 1.82) is 0 Å². The first-order valence-corrected chi connectivity index (χ1v) is 3.91. The number of hydrogen-bond donors (Lipinski definition) is 0. The van der Waals surface area contributed by atoms with Crippen LogP contribution in [0.3, 0.4) is 0 Å². The molecule has 0 radical (unpaired) electrons. The van der Waals surface area contributed by atoms with Gasteiger partial charge in [0.2, 0.25) is 0 Å². The molecule has 0 N–H and O–H groups in total. The first-order chi connectivity index (χ1) is 5.93. The summed E-state index contributed by atoms with van der Waals surface area (Å²) in [6.07, 6.45) is 0. The quantitative estimate of drug-likeness (QED) is 0.494. The summed E-state index contributed by atoms with van der Waals surface area (Å²) in [5.41, 5.74) is 0.816. The van der Waals surface area contributed by atoms with Gasteiger partial charge in [0, 0.05) is 13.8 Å². The number of carbonyl (C=O) groups excluding carboxylic acids is 2. The minimum atomic E-state index is -0.414. The van der Waals surface area contributed by atoms with Gasteiger partial charge in [-0.1, -0.05) is 0 Å². The summed E-state index contributed by atoms with van der Waals surface area (Å²) in [5.74, 6) is -0.419. The molecular weight excluding hydrogens is 172 g/mol. The van der Waals surface area contributed by atoms with Gasteiger partial charge in [-0.05, 0) is 19.4 Å². The molecule has 0 saturated heterocycles. The Hall–Kier alpha value is -1.32. The van der Waals surface area contributed by atoms with E-state index in [-0.39, 0.29) is 6.61 Å². The van der Waals surface area contributed by atoms with Crippen LogP contribution in [0.15, 0.2) is 11.3 Å². The molecule has 0 fully saturated rings. The van der Waals surface area contributed by atoms with Crippen LogP contribution >= 0.6 is 0 Å². The van der Waals surface area contributed by atoms with Crippen LogP contribution in [0.25, 0.3) is 0 Å². The SMILES string of the molecule is CC(=O)OCC(OC(C)=O)=C(C)C. The first kappa shape index (κ1) is 11.7. The monoisotopic (exact) mass is 186 g/mol. The molecule has 0 aliphatic heterocycles. The molecule has 0 aromatic heterocycles. The highest BCUT2D eigenvalue weighted by Crippen LogP contribution is 2.06. The third-order valence-electron chi connectivity index (χ3n) is 1.23. The molecule has 0 atom stereocenters. The van der Waals surface area contributed by atoms with Gasteiger partial charge in [-0.2, -0.15) is 0 Å². The number of carbonyl (C=O) groups is 2. The van der Waals surface area contributed by atoms with Crippen molar-refractivity contribution in [1.82, 2.24) is 0 Å². The minimum absolute atomic E-state index is 0.0112. The third-order valence-corrected chi connectivity index (χ3v) is 1.23. The highest BCUT2D eigenvalue weighted by Gasteiger charge is 2.06. The maximum absolute atomic E-state index is 10.6. The van der Waals surface area contributed by atoms with Crippen molar-refractivity contribution in [3.63, 3.8) is 0 Å². The number of hydrogen-bond acceptors (Lipinski definition) is 4. The van der Waals surface area contributed by atoms with Gasteiger partial charge in [-0.25, -0.2) is 0 Å². The zero-order valence-corrected chi connectivity index (χ0v) is 8.34. The average Bonchev–Trinajstić information content (AvgIpc) is 1.96. The van der Waals surface area contributed by atoms with E-state index in [1.54, 1.807) is 13.8 Å². The van der Waals surface area contributed by atoms with E-state index >= 15 is 0 Å². The maximum Gasteiger partial charge on any atom is 0.307 e. The Balaban J connectivity index is 4.21. The first-order valence-electron chi connectivity index (χ1n) is 3.91. The van der Waals surface area contributed by atoms with Crippen molar-refractivity contribution < 1.29 is 19.1 Å². The third kappa shape index (κ3) is 5.90. The van der Waals surface area contributed by atoms with Crippen LogP contribution in [0.1, 0.15) is 27.7 Å². The lowest BCUT2D eigenvalue weighted by Gasteiger charge is -2.08. The van der Waals surface area contributed by atoms with Gasteiger partial charge in [-0.15, -0.1) is 0 Å². The zero-order valence-electron chi connectivity index (χ0n) is 8.34. The Morgan fingerprint density at radius 3 is 1.85 bits per heavy atom. The summed E-state index contributed by atoms with van der Waals surface area (Å²) in [5, 5.41) is 0. The van der Waals surface area contributed by atoms with E-state index in [4.69, 9.17) is 9.47 Å². The van der Waals surface area contributed by atoms with Crippen molar-refractivity contribution in [2.75, 3.05) is 6.61 Å². The molecule has 0 saturated carbocycles. The van der Waals surface area contributed by atoms with Crippen LogP contribution in [0.2, 0.25) is 0 Å². The van der Waals surface area contributed by atoms with Crippen molar-refractivity contribution in [2.24, 2.45) is 0 Å². The molecule has 0 aromatic carbocycles. The Labute approximate surface area is 77.5 Å².